The number of rotatable bonds is 3. The van der Waals surface area contributed by atoms with Crippen molar-refractivity contribution in [1.29, 1.82) is 0 Å². The van der Waals surface area contributed by atoms with Crippen LogP contribution in [0.5, 0.6) is 0 Å². The number of hydrogen-bond acceptors (Lipinski definition) is 3. The Morgan fingerprint density at radius 1 is 1.50 bits per heavy atom. The lowest BCUT2D eigenvalue weighted by molar-refractivity contribution is 0.603. The first-order valence-electron chi connectivity index (χ1n) is 5.30. The molecule has 0 saturated heterocycles. The molecule has 0 aliphatic rings. The summed E-state index contributed by atoms with van der Waals surface area (Å²) >= 11 is 5.09. The van der Waals surface area contributed by atoms with Crippen molar-refractivity contribution in [2.75, 3.05) is 0 Å². The summed E-state index contributed by atoms with van der Waals surface area (Å²) in [7, 11) is 0. The third kappa shape index (κ3) is 2.36. The molecular weight excluding hydrogens is 220 g/mol. The van der Waals surface area contributed by atoms with Crippen molar-refractivity contribution in [3.05, 3.63) is 28.9 Å². The lowest BCUT2D eigenvalue weighted by Gasteiger charge is -1.99. The van der Waals surface area contributed by atoms with Crippen molar-refractivity contribution in [2.24, 2.45) is 0 Å². The van der Waals surface area contributed by atoms with Crippen molar-refractivity contribution >= 4 is 12.2 Å². The minimum atomic E-state index is 0.606. The molecule has 0 fully saturated rings. The molecule has 0 amide bonds. The monoisotopic (exact) mass is 234 g/mol. The molecule has 0 bridgehead atoms. The predicted octanol–water partition coefficient (Wildman–Crippen LogP) is 2.72. The van der Waals surface area contributed by atoms with Crippen LogP contribution in [0.1, 0.15) is 19.2 Å². The molecule has 0 radical (unpaired) electrons. The van der Waals surface area contributed by atoms with E-state index in [1.54, 1.807) is 0 Å². The molecule has 2 rings (SSSR count). The second-order valence-electron chi connectivity index (χ2n) is 3.71. The van der Waals surface area contributed by atoms with Gasteiger partial charge in [-0.3, -0.25) is 4.68 Å². The molecule has 5 heteroatoms. The van der Waals surface area contributed by atoms with Crippen LogP contribution in [0.15, 0.2) is 18.5 Å². The highest BCUT2D eigenvalue weighted by molar-refractivity contribution is 7.71. The fourth-order valence-electron chi connectivity index (χ4n) is 1.59. The number of nitrogens with one attached hydrogen (secondary N) is 1. The van der Waals surface area contributed by atoms with Gasteiger partial charge in [-0.15, -0.1) is 0 Å². The van der Waals surface area contributed by atoms with Gasteiger partial charge < -0.3 is 4.98 Å². The van der Waals surface area contributed by atoms with Crippen LogP contribution in [-0.4, -0.2) is 19.7 Å². The van der Waals surface area contributed by atoms with Crippen molar-refractivity contribution in [1.82, 2.24) is 19.7 Å². The van der Waals surface area contributed by atoms with E-state index in [-0.39, 0.29) is 0 Å². The van der Waals surface area contributed by atoms with Crippen molar-refractivity contribution in [3.63, 3.8) is 0 Å². The van der Waals surface area contributed by atoms with Gasteiger partial charge in [0.1, 0.15) is 10.5 Å². The summed E-state index contributed by atoms with van der Waals surface area (Å²) < 4.78 is 2.54. The van der Waals surface area contributed by atoms with E-state index in [0.29, 0.717) is 4.64 Å². The van der Waals surface area contributed by atoms with Crippen LogP contribution in [0.4, 0.5) is 0 Å². The summed E-state index contributed by atoms with van der Waals surface area (Å²) in [6.45, 7) is 4.96. The maximum atomic E-state index is 5.09. The lowest BCUT2D eigenvalue weighted by Crippen LogP contribution is -1.95. The van der Waals surface area contributed by atoms with Gasteiger partial charge in [-0.1, -0.05) is 19.1 Å². The highest BCUT2D eigenvalue weighted by Crippen LogP contribution is 2.15. The zero-order valence-electron chi connectivity index (χ0n) is 9.40. The Bertz CT molecular complexity index is 541. The molecule has 2 aromatic rings. The van der Waals surface area contributed by atoms with Crippen molar-refractivity contribution in [3.8, 4) is 11.3 Å². The van der Waals surface area contributed by atoms with Crippen LogP contribution in [0.3, 0.4) is 0 Å². The average molecular weight is 234 g/mol. The van der Waals surface area contributed by atoms with Gasteiger partial charge in [0.25, 0.3) is 0 Å². The molecule has 2 heterocycles. The SMILES string of the molecule is CCCn1cc(-c2cc(=S)nc(C)[nH]2)cn1. The fraction of sp³-hybridized carbons (Fsp3) is 0.364. The Morgan fingerprint density at radius 3 is 3.00 bits per heavy atom. The maximum absolute atomic E-state index is 5.09. The van der Waals surface area contributed by atoms with Gasteiger partial charge >= 0.3 is 0 Å². The minimum Gasteiger partial charge on any atom is -0.343 e. The van der Waals surface area contributed by atoms with E-state index in [4.69, 9.17) is 12.2 Å². The number of nitrogens with zero attached hydrogens (tertiary/aromatic N) is 3. The second-order valence-corrected chi connectivity index (χ2v) is 4.13. The van der Waals surface area contributed by atoms with Gasteiger partial charge in [0.2, 0.25) is 0 Å². The van der Waals surface area contributed by atoms with Crippen LogP contribution in [0, 0.1) is 11.6 Å². The van der Waals surface area contributed by atoms with Crippen LogP contribution in [0.25, 0.3) is 11.3 Å². The molecule has 1 N–H and O–H groups in total. The summed E-state index contributed by atoms with van der Waals surface area (Å²) in [4.78, 5) is 7.32. The first kappa shape index (κ1) is 11.0. The third-order valence-electron chi connectivity index (χ3n) is 2.26. The van der Waals surface area contributed by atoms with E-state index in [1.807, 2.05) is 30.1 Å². The van der Waals surface area contributed by atoms with Gasteiger partial charge in [0, 0.05) is 18.3 Å². The normalized spacial score (nSPS) is 10.6. The number of aryl methyl sites for hydroxylation is 2. The van der Waals surface area contributed by atoms with E-state index in [9.17, 15) is 0 Å². The predicted molar refractivity (Wildman–Crippen MR) is 65.7 cm³/mol. The summed E-state index contributed by atoms with van der Waals surface area (Å²) in [5.74, 6) is 0.825. The number of H-pyrrole nitrogens is 1. The van der Waals surface area contributed by atoms with Gasteiger partial charge in [0.15, 0.2) is 0 Å². The van der Waals surface area contributed by atoms with E-state index < -0.39 is 0 Å². The molecular formula is C11H14N4S. The molecule has 0 aromatic carbocycles. The summed E-state index contributed by atoms with van der Waals surface area (Å²) in [5.41, 5.74) is 2.02. The van der Waals surface area contributed by atoms with Crippen LogP contribution in [0.2, 0.25) is 0 Å². The Labute approximate surface area is 99.4 Å². The molecule has 16 heavy (non-hydrogen) atoms. The Morgan fingerprint density at radius 2 is 2.31 bits per heavy atom. The molecule has 0 spiro atoms. The first-order valence-corrected chi connectivity index (χ1v) is 5.70. The van der Waals surface area contributed by atoms with Crippen molar-refractivity contribution < 1.29 is 0 Å². The standard InChI is InChI=1S/C11H14N4S/c1-3-4-15-7-9(6-12-15)10-5-11(16)14-8(2)13-10/h5-7H,3-4H2,1-2H3,(H,13,14,16). The quantitative estimate of drug-likeness (QED) is 0.831. The van der Waals surface area contributed by atoms with Gasteiger partial charge in [0.05, 0.1) is 11.9 Å². The molecule has 0 atom stereocenters. The summed E-state index contributed by atoms with van der Waals surface area (Å²) in [6, 6.07) is 1.86. The number of aromatic amines is 1. The van der Waals surface area contributed by atoms with E-state index in [2.05, 4.69) is 22.0 Å². The number of aromatic nitrogens is 4. The van der Waals surface area contributed by atoms with E-state index in [0.717, 1.165) is 30.0 Å². The maximum Gasteiger partial charge on any atom is 0.130 e. The molecule has 0 aliphatic heterocycles. The summed E-state index contributed by atoms with van der Waals surface area (Å²) in [5, 5.41) is 4.28. The highest BCUT2D eigenvalue weighted by Gasteiger charge is 2.02. The Balaban J connectivity index is 2.38. The zero-order chi connectivity index (χ0) is 11.5. The van der Waals surface area contributed by atoms with E-state index in [1.165, 1.54) is 0 Å². The minimum absolute atomic E-state index is 0.606. The van der Waals surface area contributed by atoms with Crippen LogP contribution in [-0.2, 0) is 6.54 Å². The second kappa shape index (κ2) is 4.57. The summed E-state index contributed by atoms with van der Waals surface area (Å²) in [6.07, 6.45) is 4.94. The molecule has 4 nitrogen and oxygen atoms in total. The molecule has 84 valence electrons. The van der Waals surface area contributed by atoms with Crippen LogP contribution < -0.4 is 0 Å². The average Bonchev–Trinajstić information content (AvgIpc) is 2.65. The molecule has 0 saturated carbocycles. The van der Waals surface area contributed by atoms with E-state index >= 15 is 0 Å². The number of hydrogen-bond donors (Lipinski definition) is 1. The lowest BCUT2D eigenvalue weighted by atomic mass is 10.2. The van der Waals surface area contributed by atoms with Gasteiger partial charge in [-0.2, -0.15) is 5.10 Å². The molecule has 0 unspecified atom stereocenters. The Kier molecular flexibility index (Phi) is 3.14. The third-order valence-corrected chi connectivity index (χ3v) is 2.47. The highest BCUT2D eigenvalue weighted by atomic mass is 32.1. The molecule has 2 aromatic heterocycles. The Hall–Kier alpha value is -1.49. The van der Waals surface area contributed by atoms with Gasteiger partial charge in [-0.25, -0.2) is 4.98 Å². The van der Waals surface area contributed by atoms with Crippen LogP contribution >= 0.6 is 12.2 Å². The van der Waals surface area contributed by atoms with Gasteiger partial charge in [-0.05, 0) is 19.4 Å². The first-order chi connectivity index (χ1) is 7.69. The largest absolute Gasteiger partial charge is 0.343 e. The zero-order valence-corrected chi connectivity index (χ0v) is 10.2. The smallest absolute Gasteiger partial charge is 0.130 e. The molecule has 0 aliphatic carbocycles. The fourth-order valence-corrected chi connectivity index (χ4v) is 1.84. The topological polar surface area (TPSA) is 46.5 Å². The van der Waals surface area contributed by atoms with Crippen molar-refractivity contribution in [2.45, 2.75) is 26.8 Å².